The van der Waals surface area contributed by atoms with Crippen molar-refractivity contribution in [2.24, 2.45) is 0 Å². The van der Waals surface area contributed by atoms with E-state index < -0.39 is 0 Å². The van der Waals surface area contributed by atoms with Gasteiger partial charge in [-0.1, -0.05) is 13.2 Å². The zero-order chi connectivity index (χ0) is 23.8. The van der Waals surface area contributed by atoms with Gasteiger partial charge in [0, 0.05) is 54.0 Å². The Hall–Kier alpha value is -3.82. The lowest BCUT2D eigenvalue weighted by Crippen LogP contribution is -2.53. The Morgan fingerprint density at radius 3 is 2.59 bits per heavy atom. The molecule has 0 unspecified atom stereocenters. The molecule has 2 aliphatic heterocycles. The molecular weight excluding hydrogens is 432 g/mol. The van der Waals surface area contributed by atoms with Crippen molar-refractivity contribution in [2.75, 3.05) is 24.6 Å². The van der Waals surface area contributed by atoms with E-state index in [1.165, 1.54) is 0 Å². The van der Waals surface area contributed by atoms with E-state index in [0.717, 1.165) is 24.0 Å². The summed E-state index contributed by atoms with van der Waals surface area (Å²) in [6.07, 6.45) is 4.87. The quantitative estimate of drug-likeness (QED) is 0.538. The van der Waals surface area contributed by atoms with Crippen molar-refractivity contribution >= 4 is 28.4 Å². The topological polar surface area (TPSA) is 115 Å². The van der Waals surface area contributed by atoms with Gasteiger partial charge in [0.1, 0.15) is 5.52 Å². The molecule has 34 heavy (non-hydrogen) atoms. The third-order valence-electron chi connectivity index (χ3n) is 6.47. The second kappa shape index (κ2) is 8.85. The number of aliphatic hydroxyl groups is 2. The number of urea groups is 1. The number of piperidine rings is 1. The molecule has 0 atom stereocenters. The summed E-state index contributed by atoms with van der Waals surface area (Å²) in [7, 11) is 0. The Morgan fingerprint density at radius 2 is 1.91 bits per heavy atom. The molecule has 0 radical (unpaired) electrons. The van der Waals surface area contributed by atoms with Crippen molar-refractivity contribution in [3.63, 3.8) is 0 Å². The van der Waals surface area contributed by atoms with Crippen LogP contribution in [0.25, 0.3) is 28.0 Å². The van der Waals surface area contributed by atoms with Crippen LogP contribution in [0.4, 0.5) is 10.5 Å². The van der Waals surface area contributed by atoms with Crippen LogP contribution in [-0.2, 0) is 6.61 Å². The molecule has 0 bridgehead atoms. The molecule has 3 aromatic rings. The van der Waals surface area contributed by atoms with Gasteiger partial charge < -0.3 is 20.4 Å². The molecule has 9 heteroatoms. The number of pyridine rings is 3. The van der Waals surface area contributed by atoms with Gasteiger partial charge in [-0.25, -0.2) is 9.78 Å². The van der Waals surface area contributed by atoms with Crippen molar-refractivity contribution < 1.29 is 15.0 Å². The molecule has 0 aromatic carbocycles. The highest BCUT2D eigenvalue weighted by atomic mass is 16.3. The first-order chi connectivity index (χ1) is 16.5. The van der Waals surface area contributed by atoms with E-state index >= 15 is 0 Å². The average molecular weight is 459 g/mol. The molecule has 5 rings (SSSR count). The van der Waals surface area contributed by atoms with Gasteiger partial charge >= 0.3 is 6.03 Å². The predicted octanol–water partition coefficient (Wildman–Crippen LogP) is 2.65. The number of fused-ring (bicyclic) bond motifs is 3. The molecule has 2 aliphatic rings. The fraction of sp³-hybridized carbons (Fsp3) is 0.280. The lowest BCUT2D eigenvalue weighted by molar-refractivity contribution is 0.208. The Bertz CT molecular complexity index is 1280. The fourth-order valence-electron chi connectivity index (χ4n) is 4.59. The van der Waals surface area contributed by atoms with Crippen molar-refractivity contribution in [2.45, 2.75) is 25.5 Å². The van der Waals surface area contributed by atoms with Gasteiger partial charge in [-0.2, -0.15) is 0 Å². The minimum absolute atomic E-state index is 0.0452. The van der Waals surface area contributed by atoms with Crippen LogP contribution in [0.1, 0.15) is 24.1 Å². The van der Waals surface area contributed by atoms with Gasteiger partial charge in [-0.15, -0.1) is 0 Å². The van der Waals surface area contributed by atoms with Crippen molar-refractivity contribution in [3.05, 3.63) is 66.8 Å². The van der Waals surface area contributed by atoms with E-state index in [0.29, 0.717) is 52.6 Å². The molecule has 3 aromatic heterocycles. The molecule has 1 fully saturated rings. The lowest BCUT2D eigenvalue weighted by atomic mass is 9.98. The first kappa shape index (κ1) is 22.0. The highest BCUT2D eigenvalue weighted by Crippen LogP contribution is 2.38. The van der Waals surface area contributed by atoms with Crippen LogP contribution < -0.4 is 10.2 Å². The standard InChI is InChI=1S/C25H26N6O3/c1-15(13-32)30-9-7-19(8-10-30)31-24-20(16(2)28-25(31)34)12-27-22-6-5-21(29-23(22)24)17-3-4-18(14-33)26-11-17/h3-6,11-12,19,32-33H,1-2,7-10,13-14H2,(H,28,34). The Morgan fingerprint density at radius 1 is 1.12 bits per heavy atom. The number of likely N-dealkylation sites (tertiary alicyclic amines) is 1. The predicted molar refractivity (Wildman–Crippen MR) is 130 cm³/mol. The zero-order valence-corrected chi connectivity index (χ0v) is 18.7. The summed E-state index contributed by atoms with van der Waals surface area (Å²) < 4.78 is 0. The summed E-state index contributed by atoms with van der Waals surface area (Å²) >= 11 is 0. The number of aliphatic hydroxyl groups excluding tert-OH is 2. The van der Waals surface area contributed by atoms with Gasteiger partial charge in [0.05, 0.1) is 35.8 Å². The van der Waals surface area contributed by atoms with Crippen LogP contribution in [0.2, 0.25) is 0 Å². The molecule has 1 saturated heterocycles. The molecule has 174 valence electrons. The van der Waals surface area contributed by atoms with Crippen LogP contribution in [0.5, 0.6) is 0 Å². The summed E-state index contributed by atoms with van der Waals surface area (Å²) in [4.78, 5) is 30.8. The van der Waals surface area contributed by atoms with E-state index in [-0.39, 0.29) is 25.3 Å². The number of carbonyl (C=O) groups is 1. The first-order valence-corrected chi connectivity index (χ1v) is 11.2. The third-order valence-corrected chi connectivity index (χ3v) is 6.47. The monoisotopic (exact) mass is 458 g/mol. The van der Waals surface area contributed by atoms with E-state index in [2.05, 4.69) is 33.3 Å². The van der Waals surface area contributed by atoms with Crippen molar-refractivity contribution in [3.8, 4) is 11.3 Å². The highest BCUT2D eigenvalue weighted by molar-refractivity contribution is 6.11. The molecule has 0 spiro atoms. The van der Waals surface area contributed by atoms with Gasteiger partial charge in [-0.3, -0.25) is 14.9 Å². The number of hydrogen-bond donors (Lipinski definition) is 3. The van der Waals surface area contributed by atoms with E-state index in [1.807, 2.05) is 18.2 Å². The number of rotatable bonds is 5. The fourth-order valence-corrected chi connectivity index (χ4v) is 4.59. The molecule has 2 amide bonds. The van der Waals surface area contributed by atoms with Crippen molar-refractivity contribution in [1.29, 1.82) is 0 Å². The molecule has 0 aliphatic carbocycles. The third kappa shape index (κ3) is 3.78. The maximum absolute atomic E-state index is 13.2. The summed E-state index contributed by atoms with van der Waals surface area (Å²) in [6.45, 7) is 9.16. The normalized spacial score (nSPS) is 16.5. The van der Waals surface area contributed by atoms with Crippen LogP contribution in [-0.4, -0.2) is 61.8 Å². The van der Waals surface area contributed by atoms with Crippen molar-refractivity contribution in [1.82, 2.24) is 25.2 Å². The van der Waals surface area contributed by atoms with E-state index in [4.69, 9.17) is 4.98 Å². The number of carbonyl (C=O) groups excluding carboxylic acids is 1. The first-order valence-electron chi connectivity index (χ1n) is 11.2. The number of nitrogens with one attached hydrogen (secondary N) is 1. The Balaban J connectivity index is 1.58. The SMILES string of the molecule is C=C1NC(=O)N(C2CCN(C(=C)CO)CC2)c2c1cnc1ccc(-c3ccc(CO)nc3)nc21. The maximum Gasteiger partial charge on any atom is 0.326 e. The highest BCUT2D eigenvalue weighted by Gasteiger charge is 2.36. The minimum Gasteiger partial charge on any atom is -0.390 e. The van der Waals surface area contributed by atoms with Gasteiger partial charge in [0.25, 0.3) is 0 Å². The van der Waals surface area contributed by atoms with Gasteiger partial charge in [0.2, 0.25) is 0 Å². The van der Waals surface area contributed by atoms with E-state index in [1.54, 1.807) is 23.4 Å². The number of hydrogen-bond acceptors (Lipinski definition) is 7. The minimum atomic E-state index is -0.231. The zero-order valence-electron chi connectivity index (χ0n) is 18.7. The summed E-state index contributed by atoms with van der Waals surface area (Å²) in [5, 5.41) is 21.6. The molecular formula is C25H26N6O3. The summed E-state index contributed by atoms with van der Waals surface area (Å²) in [5.74, 6) is 0. The van der Waals surface area contributed by atoms with Crippen LogP contribution in [0.3, 0.4) is 0 Å². The molecule has 5 heterocycles. The molecule has 9 nitrogen and oxygen atoms in total. The second-order valence-corrected chi connectivity index (χ2v) is 8.50. The molecule has 3 N–H and O–H groups in total. The van der Waals surface area contributed by atoms with Gasteiger partial charge in [0.15, 0.2) is 0 Å². The summed E-state index contributed by atoms with van der Waals surface area (Å²) in [5.41, 5.74) is 6.03. The van der Waals surface area contributed by atoms with Gasteiger partial charge in [-0.05, 0) is 37.1 Å². The van der Waals surface area contributed by atoms with Crippen LogP contribution in [0, 0.1) is 0 Å². The average Bonchev–Trinajstić information content (AvgIpc) is 2.88. The summed E-state index contributed by atoms with van der Waals surface area (Å²) in [6, 6.07) is 7.11. The number of nitrogens with zero attached hydrogens (tertiary/aromatic N) is 5. The number of aromatic nitrogens is 3. The smallest absolute Gasteiger partial charge is 0.326 e. The largest absolute Gasteiger partial charge is 0.390 e. The van der Waals surface area contributed by atoms with Crippen LogP contribution >= 0.6 is 0 Å². The molecule has 0 saturated carbocycles. The van der Waals surface area contributed by atoms with E-state index in [9.17, 15) is 15.0 Å². The maximum atomic E-state index is 13.2. The number of anilines is 1. The second-order valence-electron chi connectivity index (χ2n) is 8.50. The number of amides is 2. The Labute approximate surface area is 197 Å². The van der Waals surface area contributed by atoms with Crippen LogP contribution in [0.15, 0.2) is 55.5 Å². The Kier molecular flexibility index (Phi) is 5.72. The lowest BCUT2D eigenvalue weighted by Gasteiger charge is -2.42.